The molecule has 0 aromatic carbocycles. The molecule has 17 heavy (non-hydrogen) atoms. The smallest absolute Gasteiger partial charge is 0.358 e. The molecule has 1 aromatic rings. The first kappa shape index (κ1) is 11.9. The Morgan fingerprint density at radius 3 is 2.59 bits per heavy atom. The van der Waals surface area contributed by atoms with Crippen LogP contribution in [0.3, 0.4) is 0 Å². The van der Waals surface area contributed by atoms with Crippen molar-refractivity contribution < 1.29 is 23.8 Å². The van der Waals surface area contributed by atoms with Gasteiger partial charge in [0.15, 0.2) is 5.69 Å². The Balaban J connectivity index is 2.31. The SMILES string of the molecule is O=C(O)c1nnn(CC2(CO)CC2)c1C(F)F. The van der Waals surface area contributed by atoms with Crippen molar-refractivity contribution in [3.8, 4) is 0 Å². The van der Waals surface area contributed by atoms with Crippen LogP contribution in [-0.4, -0.2) is 37.8 Å². The predicted octanol–water partition coefficient (Wildman–Crippen LogP) is 0.686. The zero-order chi connectivity index (χ0) is 12.6. The van der Waals surface area contributed by atoms with Gasteiger partial charge in [0, 0.05) is 5.41 Å². The Kier molecular flexibility index (Phi) is 2.82. The number of rotatable bonds is 5. The van der Waals surface area contributed by atoms with Crippen LogP contribution in [0.15, 0.2) is 0 Å². The molecule has 0 aliphatic heterocycles. The lowest BCUT2D eigenvalue weighted by molar-refractivity contribution is 0.0674. The lowest BCUT2D eigenvalue weighted by Gasteiger charge is -2.13. The van der Waals surface area contributed by atoms with Crippen LogP contribution < -0.4 is 0 Å². The molecule has 8 heteroatoms. The fraction of sp³-hybridized carbons (Fsp3) is 0.667. The van der Waals surface area contributed by atoms with Gasteiger partial charge in [-0.15, -0.1) is 5.10 Å². The number of hydrogen-bond acceptors (Lipinski definition) is 4. The largest absolute Gasteiger partial charge is 0.476 e. The number of halogens is 2. The second-order valence-corrected chi connectivity index (χ2v) is 4.24. The molecule has 0 spiro atoms. The first-order chi connectivity index (χ1) is 7.99. The highest BCUT2D eigenvalue weighted by molar-refractivity contribution is 5.86. The summed E-state index contributed by atoms with van der Waals surface area (Å²) < 4.78 is 26.4. The van der Waals surface area contributed by atoms with Crippen LogP contribution in [-0.2, 0) is 6.54 Å². The zero-order valence-electron chi connectivity index (χ0n) is 8.81. The highest BCUT2D eigenvalue weighted by Crippen LogP contribution is 2.46. The number of carbonyl (C=O) groups is 1. The van der Waals surface area contributed by atoms with Gasteiger partial charge in [0.05, 0.1) is 13.2 Å². The Bertz CT molecular complexity index is 443. The molecule has 0 saturated heterocycles. The van der Waals surface area contributed by atoms with E-state index in [-0.39, 0.29) is 13.2 Å². The van der Waals surface area contributed by atoms with Crippen molar-refractivity contribution in [3.05, 3.63) is 11.4 Å². The van der Waals surface area contributed by atoms with Gasteiger partial charge in [-0.05, 0) is 12.8 Å². The zero-order valence-corrected chi connectivity index (χ0v) is 8.81. The lowest BCUT2D eigenvalue weighted by atomic mass is 10.1. The number of carboxylic acids is 1. The van der Waals surface area contributed by atoms with E-state index in [0.29, 0.717) is 12.8 Å². The number of nitrogens with zero attached hydrogens (tertiary/aromatic N) is 3. The van der Waals surface area contributed by atoms with Crippen LogP contribution in [0, 0.1) is 5.41 Å². The third kappa shape index (κ3) is 2.12. The van der Waals surface area contributed by atoms with Crippen molar-refractivity contribution in [1.82, 2.24) is 15.0 Å². The molecule has 94 valence electrons. The van der Waals surface area contributed by atoms with Crippen molar-refractivity contribution in [3.63, 3.8) is 0 Å². The van der Waals surface area contributed by atoms with Gasteiger partial charge in [-0.1, -0.05) is 5.21 Å². The number of hydrogen-bond donors (Lipinski definition) is 2. The van der Waals surface area contributed by atoms with E-state index in [0.717, 1.165) is 4.68 Å². The molecule has 1 heterocycles. The van der Waals surface area contributed by atoms with Gasteiger partial charge < -0.3 is 10.2 Å². The Labute approximate surface area is 94.9 Å². The molecule has 2 N–H and O–H groups in total. The maximum atomic E-state index is 12.8. The standard InChI is InChI=1S/C9H11F2N3O3/c10-7(11)6-5(8(16)17)12-13-14(6)3-9(4-15)1-2-9/h7,15H,1-4H2,(H,16,17). The molecule has 6 nitrogen and oxygen atoms in total. The predicted molar refractivity (Wildman–Crippen MR) is 50.7 cm³/mol. The first-order valence-electron chi connectivity index (χ1n) is 5.05. The number of aromatic nitrogens is 3. The molecule has 0 unspecified atom stereocenters. The topological polar surface area (TPSA) is 88.2 Å². The summed E-state index contributed by atoms with van der Waals surface area (Å²) in [6, 6.07) is 0. The average Bonchev–Trinajstić information content (AvgIpc) is 2.89. The van der Waals surface area contributed by atoms with Gasteiger partial charge in [-0.25, -0.2) is 18.3 Å². The maximum absolute atomic E-state index is 12.8. The number of aromatic carboxylic acids is 1. The molecular weight excluding hydrogens is 236 g/mol. The molecule has 0 amide bonds. The Morgan fingerprint density at radius 1 is 1.53 bits per heavy atom. The minimum atomic E-state index is -2.95. The highest BCUT2D eigenvalue weighted by atomic mass is 19.3. The van der Waals surface area contributed by atoms with E-state index < -0.39 is 29.2 Å². The van der Waals surface area contributed by atoms with Gasteiger partial charge in [0.1, 0.15) is 5.69 Å². The van der Waals surface area contributed by atoms with E-state index in [9.17, 15) is 13.6 Å². The number of carboxylic acid groups (broad SMARTS) is 1. The monoisotopic (exact) mass is 247 g/mol. The van der Waals surface area contributed by atoms with Crippen LogP contribution in [0.4, 0.5) is 8.78 Å². The van der Waals surface area contributed by atoms with Crippen LogP contribution in [0.5, 0.6) is 0 Å². The molecule has 1 aliphatic carbocycles. The molecular formula is C9H11F2N3O3. The van der Waals surface area contributed by atoms with Gasteiger partial charge in [-0.3, -0.25) is 0 Å². The van der Waals surface area contributed by atoms with Crippen molar-refractivity contribution in [1.29, 1.82) is 0 Å². The van der Waals surface area contributed by atoms with Crippen LogP contribution in [0.25, 0.3) is 0 Å². The Morgan fingerprint density at radius 2 is 2.18 bits per heavy atom. The Hall–Kier alpha value is -1.57. The fourth-order valence-corrected chi connectivity index (χ4v) is 1.67. The maximum Gasteiger partial charge on any atom is 0.358 e. The van der Waals surface area contributed by atoms with E-state index in [2.05, 4.69) is 10.3 Å². The second kappa shape index (κ2) is 4.02. The second-order valence-electron chi connectivity index (χ2n) is 4.24. The minimum Gasteiger partial charge on any atom is -0.476 e. The molecule has 1 aromatic heterocycles. The van der Waals surface area contributed by atoms with E-state index in [1.165, 1.54) is 0 Å². The summed E-state index contributed by atoms with van der Waals surface area (Å²) in [6.07, 6.45) is -1.52. The third-order valence-electron chi connectivity index (χ3n) is 2.96. The third-order valence-corrected chi connectivity index (χ3v) is 2.96. The summed E-state index contributed by atoms with van der Waals surface area (Å²) in [5.74, 6) is -1.53. The van der Waals surface area contributed by atoms with E-state index in [1.807, 2.05) is 0 Å². The molecule has 0 radical (unpaired) electrons. The fourth-order valence-electron chi connectivity index (χ4n) is 1.67. The number of aliphatic hydroxyl groups excluding tert-OH is 1. The summed E-state index contributed by atoms with van der Waals surface area (Å²) in [4.78, 5) is 10.7. The minimum absolute atomic E-state index is 0.0729. The first-order valence-corrected chi connectivity index (χ1v) is 5.05. The summed E-state index contributed by atoms with van der Waals surface area (Å²) in [6.45, 7) is -0.0542. The van der Waals surface area contributed by atoms with E-state index in [4.69, 9.17) is 10.2 Å². The van der Waals surface area contributed by atoms with E-state index in [1.54, 1.807) is 0 Å². The van der Waals surface area contributed by atoms with Crippen LogP contribution >= 0.6 is 0 Å². The number of alkyl halides is 2. The highest BCUT2D eigenvalue weighted by Gasteiger charge is 2.44. The van der Waals surface area contributed by atoms with Crippen molar-refractivity contribution in [2.24, 2.45) is 5.41 Å². The van der Waals surface area contributed by atoms with Gasteiger partial charge in [0.2, 0.25) is 0 Å². The lowest BCUT2D eigenvalue weighted by Crippen LogP contribution is -2.19. The summed E-state index contributed by atoms with van der Waals surface area (Å²) in [5, 5.41) is 24.5. The van der Waals surface area contributed by atoms with Gasteiger partial charge >= 0.3 is 5.97 Å². The quantitative estimate of drug-likeness (QED) is 0.799. The summed E-state index contributed by atoms with van der Waals surface area (Å²) in [7, 11) is 0. The number of aliphatic hydroxyl groups is 1. The van der Waals surface area contributed by atoms with Crippen LogP contribution in [0.1, 0.15) is 35.4 Å². The van der Waals surface area contributed by atoms with Crippen LogP contribution in [0.2, 0.25) is 0 Å². The van der Waals surface area contributed by atoms with E-state index >= 15 is 0 Å². The van der Waals surface area contributed by atoms with Crippen molar-refractivity contribution in [2.75, 3.05) is 6.61 Å². The molecule has 2 rings (SSSR count). The average molecular weight is 247 g/mol. The molecule has 0 atom stereocenters. The summed E-state index contributed by atoms with van der Waals surface area (Å²) >= 11 is 0. The van der Waals surface area contributed by atoms with Gasteiger partial charge in [0.25, 0.3) is 6.43 Å². The van der Waals surface area contributed by atoms with Gasteiger partial charge in [-0.2, -0.15) is 0 Å². The van der Waals surface area contributed by atoms with Crippen molar-refractivity contribution >= 4 is 5.97 Å². The molecule has 1 saturated carbocycles. The van der Waals surface area contributed by atoms with Crippen molar-refractivity contribution in [2.45, 2.75) is 25.8 Å². The normalized spacial score (nSPS) is 17.4. The molecule has 1 fully saturated rings. The molecule has 0 bridgehead atoms. The molecule has 1 aliphatic rings. The summed E-state index contributed by atoms with van der Waals surface area (Å²) in [5.41, 5.74) is -1.86.